The van der Waals surface area contributed by atoms with Gasteiger partial charge < -0.3 is 10.6 Å². The fourth-order valence-corrected chi connectivity index (χ4v) is 5.16. The summed E-state index contributed by atoms with van der Waals surface area (Å²) in [5.74, 6) is 1.24. The van der Waals surface area contributed by atoms with Gasteiger partial charge in [-0.1, -0.05) is 0 Å². The lowest BCUT2D eigenvalue weighted by Crippen LogP contribution is -2.17. The average molecular weight is 530 g/mol. The third-order valence-electron chi connectivity index (χ3n) is 5.53. The number of nitrogens with one attached hydrogen (secondary N) is 2. The number of pyridine rings is 1. The Morgan fingerprint density at radius 3 is 2.68 bits per heavy atom. The van der Waals surface area contributed by atoms with Gasteiger partial charge in [0.25, 0.3) is 16.4 Å². The molecule has 2 N–H and O–H groups in total. The largest absolute Gasteiger partial charge is 0.382 e. The van der Waals surface area contributed by atoms with Gasteiger partial charge in [-0.2, -0.15) is 14.3 Å². The summed E-state index contributed by atoms with van der Waals surface area (Å²) >= 11 is 0. The van der Waals surface area contributed by atoms with E-state index in [-0.39, 0.29) is 11.3 Å². The Morgan fingerprint density at radius 2 is 1.95 bits per heavy atom. The summed E-state index contributed by atoms with van der Waals surface area (Å²) in [5.41, 5.74) is 2.37. The molecule has 14 heteroatoms. The van der Waals surface area contributed by atoms with Gasteiger partial charge in [-0.05, 0) is 38.8 Å². The van der Waals surface area contributed by atoms with Gasteiger partial charge in [0.05, 0.1) is 28.9 Å². The van der Waals surface area contributed by atoms with Crippen LogP contribution in [-0.4, -0.2) is 60.1 Å². The van der Waals surface area contributed by atoms with Crippen LogP contribution >= 0.6 is 0 Å². The van der Waals surface area contributed by atoms with Crippen molar-refractivity contribution in [2.45, 2.75) is 51.0 Å². The van der Waals surface area contributed by atoms with E-state index in [1.807, 2.05) is 13.8 Å². The monoisotopic (exact) mass is 529 g/mol. The molecule has 0 aromatic carbocycles. The van der Waals surface area contributed by atoms with E-state index in [1.54, 1.807) is 30.6 Å². The molecular formula is C23H25F2N9O2S. The number of aromatic nitrogens is 7. The average Bonchev–Trinajstić information content (AvgIpc) is 3.41. The van der Waals surface area contributed by atoms with Crippen molar-refractivity contribution in [3.8, 4) is 22.6 Å². The quantitative estimate of drug-likeness (QED) is 0.315. The third kappa shape index (κ3) is 5.58. The Labute approximate surface area is 212 Å². The summed E-state index contributed by atoms with van der Waals surface area (Å²) in [6, 6.07) is 5.19. The summed E-state index contributed by atoms with van der Waals surface area (Å²) in [5, 5.41) is 14.3. The number of halogens is 2. The number of alkyl halides is 2. The Kier molecular flexibility index (Phi) is 6.58. The highest BCUT2D eigenvalue weighted by atomic mass is 32.2. The fraction of sp³-hybridized carbons (Fsp3) is 0.348. The van der Waals surface area contributed by atoms with Crippen LogP contribution in [0.15, 0.2) is 49.2 Å². The summed E-state index contributed by atoms with van der Waals surface area (Å²) in [6.07, 6.45) is 6.29. The third-order valence-corrected chi connectivity index (χ3v) is 7.56. The molecule has 1 saturated carbocycles. The summed E-state index contributed by atoms with van der Waals surface area (Å²) in [4.78, 5) is 13.2. The highest BCUT2D eigenvalue weighted by Crippen LogP contribution is 2.31. The molecular weight excluding hydrogens is 504 g/mol. The second-order valence-corrected chi connectivity index (χ2v) is 11.0. The van der Waals surface area contributed by atoms with Gasteiger partial charge >= 0.3 is 0 Å². The van der Waals surface area contributed by atoms with Gasteiger partial charge in [0.2, 0.25) is 0 Å². The predicted molar refractivity (Wildman–Crippen MR) is 134 cm³/mol. The smallest absolute Gasteiger partial charge is 0.257 e. The van der Waals surface area contributed by atoms with Crippen LogP contribution in [0.4, 0.5) is 26.1 Å². The Morgan fingerprint density at radius 1 is 1.14 bits per heavy atom. The van der Waals surface area contributed by atoms with Gasteiger partial charge in [0.15, 0.2) is 5.82 Å². The van der Waals surface area contributed by atoms with Crippen LogP contribution in [0.3, 0.4) is 0 Å². The number of rotatable bonds is 10. The van der Waals surface area contributed by atoms with E-state index in [2.05, 4.69) is 35.8 Å². The molecule has 1 aliphatic rings. The summed E-state index contributed by atoms with van der Waals surface area (Å²) in [7, 11) is -3.48. The number of anilines is 3. The molecule has 11 nitrogen and oxygen atoms in total. The molecule has 0 spiro atoms. The molecule has 194 valence electrons. The van der Waals surface area contributed by atoms with Gasteiger partial charge in [-0.15, -0.1) is 0 Å². The van der Waals surface area contributed by atoms with Crippen LogP contribution in [0, 0.1) is 0 Å². The second kappa shape index (κ2) is 9.84. The maximum Gasteiger partial charge on any atom is 0.257 e. The lowest BCUT2D eigenvalue weighted by atomic mass is 10.1. The molecule has 0 radical (unpaired) electrons. The zero-order valence-corrected chi connectivity index (χ0v) is 20.9. The summed E-state index contributed by atoms with van der Waals surface area (Å²) in [6.45, 7) is 3.47. The molecule has 4 aromatic rings. The highest BCUT2D eigenvalue weighted by molar-refractivity contribution is 7.90. The van der Waals surface area contributed by atoms with Crippen LogP contribution in [0.1, 0.15) is 26.7 Å². The van der Waals surface area contributed by atoms with Crippen molar-refractivity contribution in [3.63, 3.8) is 0 Å². The fourth-order valence-electron chi connectivity index (χ4n) is 3.68. The van der Waals surface area contributed by atoms with Crippen molar-refractivity contribution in [2.75, 3.05) is 10.6 Å². The van der Waals surface area contributed by atoms with E-state index in [0.29, 0.717) is 47.1 Å². The second-order valence-electron chi connectivity index (χ2n) is 8.96. The standard InChI is InChI=1S/C23H25F2N9O2S/c1-14(2)29-19-9-22(27-11-17(19)18-6-8-33(32-18)13-20(24)25)30-21-5-7-26-23(31-21)15-10-28-34(12-15)37(35,36)16-3-4-16/h5-12,14,16,20H,3-4,13H2,1-2H3,(H2,26,27,29,30,31). The minimum atomic E-state index is -3.48. The Bertz CT molecular complexity index is 1510. The normalized spacial score (nSPS) is 13.9. The zero-order chi connectivity index (χ0) is 26.2. The molecule has 4 aromatic heterocycles. The Balaban J connectivity index is 1.39. The van der Waals surface area contributed by atoms with Crippen LogP contribution in [0.2, 0.25) is 0 Å². The van der Waals surface area contributed by atoms with E-state index in [4.69, 9.17) is 0 Å². The molecule has 0 amide bonds. The predicted octanol–water partition coefficient (Wildman–Crippen LogP) is 3.77. The van der Waals surface area contributed by atoms with Crippen LogP contribution in [-0.2, 0) is 16.6 Å². The minimum Gasteiger partial charge on any atom is -0.382 e. The lowest BCUT2D eigenvalue weighted by Gasteiger charge is -2.15. The highest BCUT2D eigenvalue weighted by Gasteiger charge is 2.37. The molecule has 4 heterocycles. The maximum absolute atomic E-state index is 12.7. The molecule has 0 atom stereocenters. The molecule has 1 aliphatic carbocycles. The first-order valence-electron chi connectivity index (χ1n) is 11.7. The van der Waals surface area contributed by atoms with Crippen LogP contribution in [0.5, 0.6) is 0 Å². The SMILES string of the molecule is CC(C)Nc1cc(Nc2ccnc(-c3cnn(S(=O)(=O)C4CC4)c3)n2)ncc1-c1ccn(CC(F)F)n1. The minimum absolute atomic E-state index is 0.0891. The first-order chi connectivity index (χ1) is 17.7. The van der Waals surface area contributed by atoms with Gasteiger partial charge in [0.1, 0.15) is 18.2 Å². The van der Waals surface area contributed by atoms with E-state index < -0.39 is 23.0 Å². The van der Waals surface area contributed by atoms with E-state index in [1.165, 1.54) is 23.3 Å². The first kappa shape index (κ1) is 24.7. The van der Waals surface area contributed by atoms with Gasteiger partial charge in [-0.25, -0.2) is 32.2 Å². The van der Waals surface area contributed by atoms with Crippen molar-refractivity contribution in [1.82, 2.24) is 33.9 Å². The van der Waals surface area contributed by atoms with Crippen molar-refractivity contribution in [3.05, 3.63) is 49.2 Å². The van der Waals surface area contributed by atoms with E-state index in [0.717, 1.165) is 9.77 Å². The molecule has 0 bridgehead atoms. The maximum atomic E-state index is 12.7. The van der Waals surface area contributed by atoms with Gasteiger partial charge in [0, 0.05) is 41.9 Å². The Hall–Kier alpha value is -3.94. The molecule has 0 saturated heterocycles. The lowest BCUT2D eigenvalue weighted by molar-refractivity contribution is 0.122. The number of hydrogen-bond donors (Lipinski definition) is 2. The number of nitrogens with zero attached hydrogens (tertiary/aromatic N) is 7. The topological polar surface area (TPSA) is 133 Å². The van der Waals surface area contributed by atoms with E-state index in [9.17, 15) is 17.2 Å². The number of hydrogen-bond acceptors (Lipinski definition) is 9. The zero-order valence-electron chi connectivity index (χ0n) is 20.1. The first-order valence-corrected chi connectivity index (χ1v) is 13.2. The molecule has 0 aliphatic heterocycles. The molecule has 1 fully saturated rings. The van der Waals surface area contributed by atoms with Gasteiger partial charge in [-0.3, -0.25) is 4.68 Å². The molecule has 37 heavy (non-hydrogen) atoms. The molecule has 0 unspecified atom stereocenters. The van der Waals surface area contributed by atoms with Crippen molar-refractivity contribution in [1.29, 1.82) is 0 Å². The van der Waals surface area contributed by atoms with Crippen LogP contribution in [0.25, 0.3) is 22.6 Å². The summed E-state index contributed by atoms with van der Waals surface area (Å²) < 4.78 is 52.5. The molecule has 5 rings (SSSR count). The van der Waals surface area contributed by atoms with Crippen molar-refractivity contribution in [2.24, 2.45) is 0 Å². The van der Waals surface area contributed by atoms with Crippen molar-refractivity contribution < 1.29 is 17.2 Å². The van der Waals surface area contributed by atoms with Crippen molar-refractivity contribution >= 4 is 27.3 Å². The van der Waals surface area contributed by atoms with E-state index >= 15 is 0 Å². The van der Waals surface area contributed by atoms with Crippen LogP contribution < -0.4 is 10.6 Å².